The Morgan fingerprint density at radius 1 is 1.17 bits per heavy atom. The molecular formula is C18H25N3OS. The number of likely N-dealkylation sites (N-methyl/N-ethyl adjacent to an activating group) is 1. The number of para-hydroxylation sites is 1. The number of aromatic nitrogens is 1. The molecule has 2 aromatic rings. The highest BCUT2D eigenvalue weighted by Gasteiger charge is 2.28. The fourth-order valence-electron chi connectivity index (χ4n) is 3.15. The van der Waals surface area contributed by atoms with E-state index in [1.165, 1.54) is 19.3 Å². The highest BCUT2D eigenvalue weighted by molar-refractivity contribution is 7.22. The number of amides is 1. The zero-order valence-corrected chi connectivity index (χ0v) is 14.8. The van der Waals surface area contributed by atoms with Crippen LogP contribution in [0, 0.1) is 5.92 Å². The van der Waals surface area contributed by atoms with Crippen molar-refractivity contribution in [3.05, 3.63) is 24.3 Å². The largest absolute Gasteiger partial charge is 0.308 e. The van der Waals surface area contributed by atoms with Crippen LogP contribution in [0.3, 0.4) is 0 Å². The Morgan fingerprint density at radius 2 is 1.91 bits per heavy atom. The Kier molecular flexibility index (Phi) is 5.28. The Hall–Kier alpha value is -1.46. The average Bonchev–Trinajstić information content (AvgIpc) is 2.99. The molecule has 23 heavy (non-hydrogen) atoms. The normalized spacial score (nSPS) is 16.1. The van der Waals surface area contributed by atoms with Gasteiger partial charge >= 0.3 is 0 Å². The van der Waals surface area contributed by atoms with Gasteiger partial charge in [-0.15, -0.1) is 0 Å². The molecule has 0 saturated heterocycles. The maximum atomic E-state index is 13.1. The van der Waals surface area contributed by atoms with Crippen molar-refractivity contribution in [3.63, 3.8) is 0 Å². The molecule has 1 heterocycles. The van der Waals surface area contributed by atoms with Crippen molar-refractivity contribution in [3.8, 4) is 0 Å². The van der Waals surface area contributed by atoms with E-state index >= 15 is 0 Å². The number of carbonyl (C=O) groups is 1. The van der Waals surface area contributed by atoms with Crippen molar-refractivity contribution in [1.29, 1.82) is 0 Å². The summed E-state index contributed by atoms with van der Waals surface area (Å²) < 4.78 is 1.15. The number of thiazole rings is 1. The van der Waals surface area contributed by atoms with Crippen LogP contribution < -0.4 is 4.90 Å². The van der Waals surface area contributed by atoms with Crippen LogP contribution in [0.15, 0.2) is 24.3 Å². The van der Waals surface area contributed by atoms with Crippen molar-refractivity contribution in [2.75, 3.05) is 32.1 Å². The summed E-state index contributed by atoms with van der Waals surface area (Å²) in [5.41, 5.74) is 0.985. The molecule has 1 aromatic carbocycles. The topological polar surface area (TPSA) is 36.4 Å². The first kappa shape index (κ1) is 16.4. The molecule has 1 aliphatic rings. The summed E-state index contributed by atoms with van der Waals surface area (Å²) in [4.78, 5) is 21.8. The summed E-state index contributed by atoms with van der Waals surface area (Å²) >= 11 is 1.62. The Bertz CT molecular complexity index is 628. The van der Waals surface area contributed by atoms with Gasteiger partial charge in [-0.3, -0.25) is 9.69 Å². The first-order valence-electron chi connectivity index (χ1n) is 8.47. The standard InChI is InChI=1S/C18H25N3OS/c1-20(2)12-13-21(17(22)14-8-4-3-5-9-14)18-19-15-10-6-7-11-16(15)23-18/h6-7,10-11,14H,3-5,8-9,12-13H2,1-2H3. The molecule has 124 valence electrons. The SMILES string of the molecule is CN(C)CCN(C(=O)C1CCCCC1)c1nc2ccccc2s1. The molecule has 1 aromatic heterocycles. The third kappa shape index (κ3) is 3.90. The average molecular weight is 331 g/mol. The summed E-state index contributed by atoms with van der Waals surface area (Å²) in [5, 5.41) is 0.851. The number of nitrogens with zero attached hydrogens (tertiary/aromatic N) is 3. The minimum absolute atomic E-state index is 0.179. The van der Waals surface area contributed by atoms with Crippen molar-refractivity contribution in [2.45, 2.75) is 32.1 Å². The molecule has 0 radical (unpaired) electrons. The fraction of sp³-hybridized carbons (Fsp3) is 0.556. The van der Waals surface area contributed by atoms with E-state index in [-0.39, 0.29) is 11.8 Å². The summed E-state index contributed by atoms with van der Waals surface area (Å²) in [6.45, 7) is 1.57. The molecule has 0 N–H and O–H groups in total. The van der Waals surface area contributed by atoms with Crippen molar-refractivity contribution in [1.82, 2.24) is 9.88 Å². The lowest BCUT2D eigenvalue weighted by Crippen LogP contribution is -2.41. The van der Waals surface area contributed by atoms with E-state index in [2.05, 4.69) is 11.0 Å². The van der Waals surface area contributed by atoms with E-state index in [1.807, 2.05) is 37.2 Å². The predicted molar refractivity (Wildman–Crippen MR) is 97.1 cm³/mol. The number of anilines is 1. The summed E-state index contributed by atoms with van der Waals surface area (Å²) in [6, 6.07) is 8.12. The molecule has 3 rings (SSSR count). The van der Waals surface area contributed by atoms with E-state index in [4.69, 9.17) is 4.98 Å². The lowest BCUT2D eigenvalue weighted by molar-refractivity contribution is -0.123. The Morgan fingerprint density at radius 3 is 2.61 bits per heavy atom. The number of fused-ring (bicyclic) bond motifs is 1. The van der Waals surface area contributed by atoms with Crippen LogP contribution in [0.2, 0.25) is 0 Å². The first-order chi connectivity index (χ1) is 11.1. The van der Waals surface area contributed by atoms with E-state index in [9.17, 15) is 4.79 Å². The minimum Gasteiger partial charge on any atom is -0.308 e. The molecule has 1 amide bonds. The quantitative estimate of drug-likeness (QED) is 0.837. The molecule has 1 fully saturated rings. The second-order valence-electron chi connectivity index (χ2n) is 6.59. The van der Waals surface area contributed by atoms with E-state index in [1.54, 1.807) is 11.3 Å². The minimum atomic E-state index is 0.179. The van der Waals surface area contributed by atoms with Crippen LogP contribution in [-0.4, -0.2) is 43.0 Å². The van der Waals surface area contributed by atoms with Crippen molar-refractivity contribution < 1.29 is 4.79 Å². The summed E-state index contributed by atoms with van der Waals surface area (Å²) in [5.74, 6) is 0.448. The molecule has 0 atom stereocenters. The lowest BCUT2D eigenvalue weighted by Gasteiger charge is -2.28. The van der Waals surface area contributed by atoms with Gasteiger partial charge in [0.25, 0.3) is 0 Å². The highest BCUT2D eigenvalue weighted by atomic mass is 32.1. The van der Waals surface area contributed by atoms with E-state index in [0.29, 0.717) is 6.54 Å². The van der Waals surface area contributed by atoms with Gasteiger partial charge in [0.2, 0.25) is 5.91 Å². The van der Waals surface area contributed by atoms with Gasteiger partial charge < -0.3 is 4.90 Å². The third-order valence-electron chi connectivity index (χ3n) is 4.50. The van der Waals surface area contributed by atoms with Crippen LogP contribution in [-0.2, 0) is 4.79 Å². The molecule has 1 saturated carbocycles. The van der Waals surface area contributed by atoms with Crippen LogP contribution in [0.5, 0.6) is 0 Å². The van der Waals surface area contributed by atoms with Gasteiger partial charge in [-0.25, -0.2) is 4.98 Å². The van der Waals surface area contributed by atoms with Crippen LogP contribution in [0.4, 0.5) is 5.13 Å². The monoisotopic (exact) mass is 331 g/mol. The van der Waals surface area contributed by atoms with Gasteiger partial charge in [0.1, 0.15) is 0 Å². The zero-order valence-electron chi connectivity index (χ0n) is 14.0. The first-order valence-corrected chi connectivity index (χ1v) is 9.28. The number of carbonyl (C=O) groups excluding carboxylic acids is 1. The maximum absolute atomic E-state index is 13.1. The van der Waals surface area contributed by atoms with Gasteiger partial charge in [0.05, 0.1) is 10.2 Å². The van der Waals surface area contributed by atoms with Crippen LogP contribution >= 0.6 is 11.3 Å². The number of rotatable bonds is 5. The molecule has 4 nitrogen and oxygen atoms in total. The Balaban J connectivity index is 1.85. The van der Waals surface area contributed by atoms with Gasteiger partial charge in [-0.05, 0) is 39.1 Å². The number of hydrogen-bond acceptors (Lipinski definition) is 4. The molecule has 0 unspecified atom stereocenters. The molecule has 5 heteroatoms. The number of hydrogen-bond donors (Lipinski definition) is 0. The van der Waals surface area contributed by atoms with E-state index < -0.39 is 0 Å². The second kappa shape index (κ2) is 7.41. The Labute approximate surface area is 142 Å². The van der Waals surface area contributed by atoms with Gasteiger partial charge in [0.15, 0.2) is 5.13 Å². The summed E-state index contributed by atoms with van der Waals surface area (Å²) in [6.07, 6.45) is 5.68. The van der Waals surface area contributed by atoms with Crippen molar-refractivity contribution in [2.24, 2.45) is 5.92 Å². The molecule has 0 bridgehead atoms. The van der Waals surface area contributed by atoms with Crippen LogP contribution in [0.1, 0.15) is 32.1 Å². The van der Waals surface area contributed by atoms with E-state index in [0.717, 1.165) is 34.7 Å². The van der Waals surface area contributed by atoms with Crippen molar-refractivity contribution >= 4 is 32.6 Å². The number of benzene rings is 1. The zero-order chi connectivity index (χ0) is 16.2. The highest BCUT2D eigenvalue weighted by Crippen LogP contribution is 2.32. The molecule has 0 spiro atoms. The van der Waals surface area contributed by atoms with Gasteiger partial charge in [0, 0.05) is 19.0 Å². The second-order valence-corrected chi connectivity index (χ2v) is 7.60. The lowest BCUT2D eigenvalue weighted by atomic mass is 9.88. The fourth-order valence-corrected chi connectivity index (χ4v) is 4.14. The van der Waals surface area contributed by atoms with Crippen LogP contribution in [0.25, 0.3) is 10.2 Å². The third-order valence-corrected chi connectivity index (χ3v) is 5.56. The molecule has 1 aliphatic carbocycles. The van der Waals surface area contributed by atoms with Gasteiger partial charge in [-0.2, -0.15) is 0 Å². The maximum Gasteiger partial charge on any atom is 0.231 e. The summed E-state index contributed by atoms with van der Waals surface area (Å²) in [7, 11) is 4.09. The molecule has 0 aliphatic heterocycles. The molecular weight excluding hydrogens is 306 g/mol. The van der Waals surface area contributed by atoms with Gasteiger partial charge in [-0.1, -0.05) is 42.7 Å². The predicted octanol–water partition coefficient (Wildman–Crippen LogP) is 3.77. The smallest absolute Gasteiger partial charge is 0.231 e.